The smallest absolute Gasteiger partial charge is 0.123 e. The van der Waals surface area contributed by atoms with Crippen LogP contribution in [0, 0.1) is 5.82 Å². The predicted molar refractivity (Wildman–Crippen MR) is 72.9 cm³/mol. The Morgan fingerprint density at radius 3 is 2.67 bits per heavy atom. The highest BCUT2D eigenvalue weighted by Crippen LogP contribution is 2.36. The average Bonchev–Trinajstić information content (AvgIpc) is 2.75. The minimum absolute atomic E-state index is 0.122. The summed E-state index contributed by atoms with van der Waals surface area (Å²) in [6, 6.07) is 10.5. The molecule has 1 aliphatic heterocycles. The second kappa shape index (κ2) is 4.45. The maximum atomic E-state index is 13.1. The molecule has 1 nitrogen and oxygen atoms in total. The monoisotopic (exact) mass is 281 g/mol. The summed E-state index contributed by atoms with van der Waals surface area (Å²) in [7, 11) is 0. The van der Waals surface area contributed by atoms with E-state index in [1.165, 1.54) is 6.07 Å². The molecule has 92 valence electrons. The van der Waals surface area contributed by atoms with Crippen molar-refractivity contribution in [2.75, 3.05) is 5.32 Å². The largest absolute Gasteiger partial charge is 0.378 e. The van der Waals surface area contributed by atoms with Gasteiger partial charge >= 0.3 is 0 Å². The van der Waals surface area contributed by atoms with Crippen LogP contribution >= 0.6 is 23.2 Å². The Labute approximate surface area is 115 Å². The first kappa shape index (κ1) is 11.8. The van der Waals surface area contributed by atoms with E-state index in [-0.39, 0.29) is 11.9 Å². The van der Waals surface area contributed by atoms with Gasteiger partial charge in [0.2, 0.25) is 0 Å². The lowest BCUT2D eigenvalue weighted by atomic mass is 10.0. The molecule has 4 heteroatoms. The van der Waals surface area contributed by atoms with E-state index in [2.05, 4.69) is 5.32 Å². The summed E-state index contributed by atoms with van der Waals surface area (Å²) in [5, 5.41) is 4.44. The molecule has 1 unspecified atom stereocenters. The molecule has 0 aliphatic carbocycles. The normalized spacial score (nSPS) is 17.4. The van der Waals surface area contributed by atoms with Crippen LogP contribution in [-0.2, 0) is 6.42 Å². The Morgan fingerprint density at radius 1 is 1.06 bits per heavy atom. The van der Waals surface area contributed by atoms with Crippen molar-refractivity contribution in [1.29, 1.82) is 0 Å². The van der Waals surface area contributed by atoms with E-state index >= 15 is 0 Å². The molecular formula is C14H10Cl2FN. The van der Waals surface area contributed by atoms with Crippen LogP contribution in [0.4, 0.5) is 10.1 Å². The number of fused-ring (bicyclic) bond motifs is 1. The fourth-order valence-electron chi connectivity index (χ4n) is 2.26. The Bertz CT molecular complexity index is 613. The van der Waals surface area contributed by atoms with Gasteiger partial charge in [-0.05, 0) is 47.9 Å². The molecule has 0 amide bonds. The van der Waals surface area contributed by atoms with Gasteiger partial charge in [-0.1, -0.05) is 29.3 Å². The highest BCUT2D eigenvalue weighted by atomic mass is 35.5. The highest BCUT2D eigenvalue weighted by molar-refractivity contribution is 6.42. The summed E-state index contributed by atoms with van der Waals surface area (Å²) in [5.41, 5.74) is 3.03. The van der Waals surface area contributed by atoms with Gasteiger partial charge in [0, 0.05) is 5.69 Å². The fraction of sp³-hybridized carbons (Fsp3) is 0.143. The molecule has 0 aromatic heterocycles. The molecule has 1 aliphatic rings. The summed E-state index contributed by atoms with van der Waals surface area (Å²) >= 11 is 11.9. The van der Waals surface area contributed by atoms with E-state index in [0.29, 0.717) is 10.0 Å². The van der Waals surface area contributed by atoms with E-state index in [1.807, 2.05) is 12.1 Å². The molecule has 0 fully saturated rings. The van der Waals surface area contributed by atoms with Crippen molar-refractivity contribution in [3.05, 3.63) is 63.4 Å². The number of hydrogen-bond acceptors (Lipinski definition) is 1. The van der Waals surface area contributed by atoms with Gasteiger partial charge in [-0.15, -0.1) is 0 Å². The first-order valence-corrected chi connectivity index (χ1v) is 6.39. The van der Waals surface area contributed by atoms with Crippen molar-refractivity contribution in [3.63, 3.8) is 0 Å². The summed E-state index contributed by atoms with van der Waals surface area (Å²) in [5.74, 6) is -0.203. The van der Waals surface area contributed by atoms with Crippen LogP contribution in [0.5, 0.6) is 0 Å². The van der Waals surface area contributed by atoms with Gasteiger partial charge in [-0.2, -0.15) is 0 Å². The molecule has 2 aromatic rings. The summed E-state index contributed by atoms with van der Waals surface area (Å²) in [6.45, 7) is 0. The van der Waals surface area contributed by atoms with Crippen molar-refractivity contribution in [1.82, 2.24) is 0 Å². The zero-order chi connectivity index (χ0) is 12.7. The summed E-state index contributed by atoms with van der Waals surface area (Å²) in [6.07, 6.45) is 0.755. The van der Waals surface area contributed by atoms with Crippen LogP contribution in [-0.4, -0.2) is 0 Å². The van der Waals surface area contributed by atoms with Crippen molar-refractivity contribution in [2.24, 2.45) is 0 Å². The van der Waals surface area contributed by atoms with Gasteiger partial charge < -0.3 is 5.32 Å². The lowest BCUT2D eigenvalue weighted by molar-refractivity contribution is 0.626. The summed E-state index contributed by atoms with van der Waals surface area (Å²) in [4.78, 5) is 0. The van der Waals surface area contributed by atoms with E-state index in [1.54, 1.807) is 18.2 Å². The third-order valence-corrected chi connectivity index (χ3v) is 3.91. The lowest BCUT2D eigenvalue weighted by Crippen LogP contribution is -2.05. The molecule has 0 spiro atoms. The summed E-state index contributed by atoms with van der Waals surface area (Å²) < 4.78 is 13.1. The molecule has 18 heavy (non-hydrogen) atoms. The van der Waals surface area contributed by atoms with Gasteiger partial charge in [-0.25, -0.2) is 4.39 Å². The van der Waals surface area contributed by atoms with Crippen molar-refractivity contribution in [3.8, 4) is 0 Å². The maximum Gasteiger partial charge on any atom is 0.123 e. The minimum atomic E-state index is -0.203. The van der Waals surface area contributed by atoms with Gasteiger partial charge in [0.1, 0.15) is 5.82 Å². The molecule has 0 bridgehead atoms. The van der Waals surface area contributed by atoms with Crippen LogP contribution < -0.4 is 5.32 Å². The Balaban J connectivity index is 1.91. The van der Waals surface area contributed by atoms with Gasteiger partial charge in [0.15, 0.2) is 0 Å². The molecule has 0 saturated heterocycles. The molecule has 0 radical (unpaired) electrons. The van der Waals surface area contributed by atoms with Crippen LogP contribution in [0.1, 0.15) is 17.2 Å². The molecule has 1 atom stereocenters. The predicted octanol–water partition coefficient (Wildman–Crippen LogP) is 4.84. The zero-order valence-corrected chi connectivity index (χ0v) is 10.9. The van der Waals surface area contributed by atoms with Crippen LogP contribution in [0.25, 0.3) is 0 Å². The Morgan fingerprint density at radius 2 is 1.89 bits per heavy atom. The first-order chi connectivity index (χ1) is 8.63. The molecule has 2 aromatic carbocycles. The first-order valence-electron chi connectivity index (χ1n) is 5.63. The van der Waals surface area contributed by atoms with Gasteiger partial charge in [0.25, 0.3) is 0 Å². The quantitative estimate of drug-likeness (QED) is 0.789. The number of anilines is 1. The van der Waals surface area contributed by atoms with Crippen molar-refractivity contribution >= 4 is 28.9 Å². The number of rotatable bonds is 1. The topological polar surface area (TPSA) is 12.0 Å². The van der Waals surface area contributed by atoms with Crippen molar-refractivity contribution in [2.45, 2.75) is 12.5 Å². The second-order valence-corrected chi connectivity index (χ2v) is 5.19. The third-order valence-electron chi connectivity index (χ3n) is 3.17. The highest BCUT2D eigenvalue weighted by Gasteiger charge is 2.22. The van der Waals surface area contributed by atoms with E-state index < -0.39 is 0 Å². The molecular weight excluding hydrogens is 272 g/mol. The van der Waals surface area contributed by atoms with Crippen LogP contribution in [0.15, 0.2) is 36.4 Å². The molecule has 0 saturated carbocycles. The van der Waals surface area contributed by atoms with Crippen LogP contribution in [0.3, 0.4) is 0 Å². The fourth-order valence-corrected chi connectivity index (χ4v) is 2.57. The maximum absolute atomic E-state index is 13.1. The molecule has 1 N–H and O–H groups in total. The van der Waals surface area contributed by atoms with Gasteiger partial charge in [0.05, 0.1) is 16.1 Å². The molecule has 1 heterocycles. The average molecular weight is 282 g/mol. The van der Waals surface area contributed by atoms with Crippen LogP contribution in [0.2, 0.25) is 10.0 Å². The minimum Gasteiger partial charge on any atom is -0.378 e. The van der Waals surface area contributed by atoms with Gasteiger partial charge in [-0.3, -0.25) is 0 Å². The SMILES string of the molecule is Fc1ccc2c(c1)CC(c1ccc(Cl)c(Cl)c1)N2. The second-order valence-electron chi connectivity index (χ2n) is 4.38. The third kappa shape index (κ3) is 2.06. The number of benzene rings is 2. The standard InChI is InChI=1S/C14H10Cl2FN/c15-11-3-1-8(6-12(11)16)14-7-9-5-10(17)2-4-13(9)18-14/h1-6,14,18H,7H2. The molecule has 3 rings (SSSR count). The number of halogens is 3. The number of hydrogen-bond donors (Lipinski definition) is 1. The number of nitrogens with one attached hydrogen (secondary N) is 1. The van der Waals surface area contributed by atoms with E-state index in [9.17, 15) is 4.39 Å². The Kier molecular flexibility index (Phi) is 2.92. The van der Waals surface area contributed by atoms with E-state index in [0.717, 1.165) is 23.2 Å². The van der Waals surface area contributed by atoms with E-state index in [4.69, 9.17) is 23.2 Å². The zero-order valence-electron chi connectivity index (χ0n) is 9.38. The Hall–Kier alpha value is -1.25. The lowest BCUT2D eigenvalue weighted by Gasteiger charge is -2.12. The van der Waals surface area contributed by atoms with Crippen molar-refractivity contribution < 1.29 is 4.39 Å².